The molecule has 0 aliphatic carbocycles. The highest BCUT2D eigenvalue weighted by Crippen LogP contribution is 2.33. The number of aromatic nitrogens is 5. The van der Waals surface area contributed by atoms with E-state index in [4.69, 9.17) is 16.6 Å². The van der Waals surface area contributed by atoms with Gasteiger partial charge in [0.25, 0.3) is 0 Å². The van der Waals surface area contributed by atoms with Gasteiger partial charge in [-0.25, -0.2) is 14.5 Å². The normalized spacial score (nSPS) is 11.1. The van der Waals surface area contributed by atoms with Crippen molar-refractivity contribution in [2.45, 2.75) is 0 Å². The third-order valence-corrected chi connectivity index (χ3v) is 6.07. The van der Waals surface area contributed by atoms with Crippen molar-refractivity contribution in [2.75, 3.05) is 5.32 Å². The van der Waals surface area contributed by atoms with Gasteiger partial charge in [0.2, 0.25) is 6.20 Å². The van der Waals surface area contributed by atoms with E-state index >= 15 is 0 Å². The fourth-order valence-corrected chi connectivity index (χ4v) is 4.25. The van der Waals surface area contributed by atoms with Gasteiger partial charge < -0.3 is 5.32 Å². The second-order valence-electron chi connectivity index (χ2n) is 8.13. The summed E-state index contributed by atoms with van der Waals surface area (Å²) in [6, 6.07) is 23.8. The molecule has 0 atom stereocenters. The predicted octanol–water partition coefficient (Wildman–Crippen LogP) is 5.04. The van der Waals surface area contributed by atoms with Crippen LogP contribution < -0.4 is 10.0 Å². The van der Waals surface area contributed by atoms with E-state index in [1.807, 2.05) is 66.7 Å². The Kier molecular flexibility index (Phi) is 5.28. The summed E-state index contributed by atoms with van der Waals surface area (Å²) in [7, 11) is 0. The zero-order valence-electron chi connectivity index (χ0n) is 18.7. The lowest BCUT2D eigenvalue weighted by Gasteiger charge is -2.08. The van der Waals surface area contributed by atoms with Crippen molar-refractivity contribution in [1.29, 1.82) is 0 Å². The number of amides is 1. The molecular formula is C27H18ClN6O2+. The monoisotopic (exact) mass is 493 g/mol. The van der Waals surface area contributed by atoms with Gasteiger partial charge in [-0.05, 0) is 47.9 Å². The lowest BCUT2D eigenvalue weighted by molar-refractivity contribution is -0.904. The summed E-state index contributed by atoms with van der Waals surface area (Å²) in [6.45, 7) is 0. The smallest absolute Gasteiger partial charge is 0.301 e. The number of halogens is 1. The van der Waals surface area contributed by atoms with Crippen LogP contribution >= 0.6 is 11.6 Å². The number of pyridine rings is 2. The molecule has 0 aliphatic rings. The average Bonchev–Trinajstić information content (AvgIpc) is 3.28. The fraction of sp³-hybridized carbons (Fsp3) is 0. The Morgan fingerprint density at radius 3 is 2.56 bits per heavy atom. The summed E-state index contributed by atoms with van der Waals surface area (Å²) in [6.07, 6.45) is 4.79. The molecule has 4 heterocycles. The van der Waals surface area contributed by atoms with Crippen LogP contribution in [0.1, 0.15) is 10.5 Å². The summed E-state index contributed by atoms with van der Waals surface area (Å²) in [5.41, 5.74) is 3.86. The van der Waals surface area contributed by atoms with Gasteiger partial charge in [0, 0.05) is 39.3 Å². The molecule has 2 aromatic carbocycles. The van der Waals surface area contributed by atoms with Crippen molar-refractivity contribution < 1.29 is 14.7 Å². The van der Waals surface area contributed by atoms with Crippen LogP contribution in [0.5, 0.6) is 0 Å². The molecule has 6 aromatic rings. The molecule has 9 heteroatoms. The molecule has 0 saturated carbocycles. The molecule has 1 amide bonds. The number of benzene rings is 2. The van der Waals surface area contributed by atoms with Gasteiger partial charge >= 0.3 is 11.6 Å². The van der Waals surface area contributed by atoms with E-state index in [-0.39, 0.29) is 5.69 Å². The molecule has 0 fully saturated rings. The van der Waals surface area contributed by atoms with Crippen molar-refractivity contribution >= 4 is 39.7 Å². The number of carbonyl (C=O) groups excluding carboxylic acids is 1. The average molecular weight is 494 g/mol. The molecule has 0 radical (unpaired) electrons. The number of nitrogens with one attached hydrogen (secondary N) is 1. The minimum Gasteiger partial charge on any atom is -0.301 e. The highest BCUT2D eigenvalue weighted by molar-refractivity contribution is 6.30. The summed E-state index contributed by atoms with van der Waals surface area (Å²) in [5, 5.41) is 19.9. The number of rotatable bonds is 4. The van der Waals surface area contributed by atoms with Crippen molar-refractivity contribution in [3.8, 4) is 22.5 Å². The standard InChI is InChI=1S/C27H17ClN6O2/c28-21-9-7-17(8-10-21)25-26(34-24(32-25)6-3-12-30-34)19-11-13-29-23(15-19)31-27(35)22-14-18-4-1-2-5-20(18)16-33(22)36/h1-16H,(H-,29,31,35,36)/p+1. The lowest BCUT2D eigenvalue weighted by Crippen LogP contribution is -2.39. The van der Waals surface area contributed by atoms with Crippen molar-refractivity contribution in [2.24, 2.45) is 0 Å². The summed E-state index contributed by atoms with van der Waals surface area (Å²) in [4.78, 5) is 22.1. The van der Waals surface area contributed by atoms with Crippen molar-refractivity contribution in [3.63, 3.8) is 0 Å². The summed E-state index contributed by atoms with van der Waals surface area (Å²) < 4.78 is 2.56. The number of hydrogen-bond donors (Lipinski definition) is 2. The molecule has 36 heavy (non-hydrogen) atoms. The maximum absolute atomic E-state index is 13.0. The van der Waals surface area contributed by atoms with E-state index in [1.54, 1.807) is 29.0 Å². The van der Waals surface area contributed by atoms with Crippen LogP contribution in [-0.2, 0) is 0 Å². The molecule has 174 valence electrons. The first-order chi connectivity index (χ1) is 17.6. The summed E-state index contributed by atoms with van der Waals surface area (Å²) in [5.74, 6) is -0.180. The van der Waals surface area contributed by atoms with E-state index in [9.17, 15) is 10.0 Å². The fourth-order valence-electron chi connectivity index (χ4n) is 4.13. The van der Waals surface area contributed by atoms with Crippen molar-refractivity contribution in [3.05, 3.63) is 108 Å². The third kappa shape index (κ3) is 3.89. The lowest BCUT2D eigenvalue weighted by atomic mass is 10.1. The van der Waals surface area contributed by atoms with Crippen LogP contribution in [0.2, 0.25) is 5.02 Å². The van der Waals surface area contributed by atoms with Gasteiger partial charge in [-0.15, -0.1) is 0 Å². The molecule has 0 bridgehead atoms. The van der Waals surface area contributed by atoms with Gasteiger partial charge in [0.15, 0.2) is 5.65 Å². The van der Waals surface area contributed by atoms with Crippen LogP contribution in [0.15, 0.2) is 97.5 Å². The molecule has 0 spiro atoms. The minimum absolute atomic E-state index is 0.0826. The van der Waals surface area contributed by atoms with Crippen molar-refractivity contribution in [1.82, 2.24) is 19.6 Å². The Balaban J connectivity index is 1.40. The Morgan fingerprint density at radius 1 is 0.917 bits per heavy atom. The Bertz CT molecular complexity index is 1760. The maximum atomic E-state index is 13.0. The van der Waals surface area contributed by atoms with E-state index < -0.39 is 5.91 Å². The Morgan fingerprint density at radius 2 is 1.72 bits per heavy atom. The quantitative estimate of drug-likeness (QED) is 0.265. The molecule has 0 unspecified atom stereocenters. The molecule has 8 nitrogen and oxygen atoms in total. The van der Waals surface area contributed by atoms with E-state index in [0.717, 1.165) is 38.0 Å². The van der Waals surface area contributed by atoms with Crippen LogP contribution in [0, 0.1) is 0 Å². The number of nitrogens with zero attached hydrogens (tertiary/aromatic N) is 5. The third-order valence-electron chi connectivity index (χ3n) is 5.81. The molecule has 4 aromatic heterocycles. The number of fused-ring (bicyclic) bond motifs is 2. The van der Waals surface area contributed by atoms with Gasteiger partial charge in [0.1, 0.15) is 11.5 Å². The second-order valence-corrected chi connectivity index (χ2v) is 8.56. The highest BCUT2D eigenvalue weighted by atomic mass is 35.5. The van der Waals surface area contributed by atoms with Gasteiger partial charge in [0.05, 0.1) is 11.1 Å². The number of anilines is 1. The number of hydrogen-bond acceptors (Lipinski definition) is 5. The molecule has 2 N–H and O–H groups in total. The number of imidazole rings is 1. The molecule has 0 aliphatic heterocycles. The van der Waals surface area contributed by atoms with Crippen LogP contribution in [0.4, 0.5) is 5.82 Å². The largest absolute Gasteiger partial charge is 0.326 e. The van der Waals surface area contributed by atoms with Gasteiger partial charge in [-0.3, -0.25) is 10.0 Å². The Hall–Kier alpha value is -4.82. The highest BCUT2D eigenvalue weighted by Gasteiger charge is 2.23. The summed E-state index contributed by atoms with van der Waals surface area (Å²) >= 11 is 6.09. The first-order valence-corrected chi connectivity index (χ1v) is 11.5. The molecule has 6 rings (SSSR count). The Labute approximate surface area is 210 Å². The van der Waals surface area contributed by atoms with Crippen LogP contribution in [-0.4, -0.2) is 30.7 Å². The number of carbonyl (C=O) groups is 1. The van der Waals surface area contributed by atoms with Gasteiger partial charge in [-0.1, -0.05) is 41.9 Å². The first kappa shape index (κ1) is 21.7. The van der Waals surface area contributed by atoms with E-state index in [2.05, 4.69) is 15.4 Å². The SMILES string of the molecule is O=C(Nc1cc(-c2c(-c3ccc(Cl)cc3)nc3cccnn23)ccn1)c1cc2ccccc2c[n+]1O. The van der Waals surface area contributed by atoms with Crippen LogP contribution in [0.25, 0.3) is 38.9 Å². The zero-order chi connectivity index (χ0) is 24.6. The van der Waals surface area contributed by atoms with Crippen LogP contribution in [0.3, 0.4) is 0 Å². The van der Waals surface area contributed by atoms with E-state index in [1.165, 1.54) is 6.20 Å². The van der Waals surface area contributed by atoms with E-state index in [0.29, 0.717) is 16.5 Å². The minimum atomic E-state index is -0.498. The zero-order valence-corrected chi connectivity index (χ0v) is 19.5. The predicted molar refractivity (Wildman–Crippen MR) is 136 cm³/mol. The first-order valence-electron chi connectivity index (χ1n) is 11.1. The maximum Gasteiger partial charge on any atom is 0.326 e. The van der Waals surface area contributed by atoms with Gasteiger partial charge in [-0.2, -0.15) is 5.10 Å². The second kappa shape index (κ2) is 8.75. The molecular weight excluding hydrogens is 476 g/mol. The molecule has 0 saturated heterocycles. The topological polar surface area (TPSA) is 96.3 Å².